The number of nitrogens with one attached hydrogen (secondary N) is 2. The second-order valence-electron chi connectivity index (χ2n) is 3.67. The first-order chi connectivity index (χ1) is 8.66. The Morgan fingerprint density at radius 3 is 2.89 bits per heavy atom. The minimum atomic E-state index is -0.396. The molecule has 0 atom stereocenters. The molecule has 0 fully saturated rings. The highest BCUT2D eigenvalue weighted by Crippen LogP contribution is 2.16. The van der Waals surface area contributed by atoms with Crippen LogP contribution in [0.4, 0.5) is 0 Å². The highest BCUT2D eigenvalue weighted by Gasteiger charge is 2.12. The zero-order valence-corrected chi connectivity index (χ0v) is 10.6. The van der Waals surface area contributed by atoms with Crippen LogP contribution in [0.3, 0.4) is 0 Å². The largest absolute Gasteiger partial charge is 0.332 e. The van der Waals surface area contributed by atoms with E-state index in [0.717, 1.165) is 4.47 Å². The molecule has 90 valence electrons. The van der Waals surface area contributed by atoms with E-state index in [1.807, 2.05) is 6.07 Å². The van der Waals surface area contributed by atoms with E-state index in [0.29, 0.717) is 5.69 Å². The number of fused-ring (bicyclic) bond motifs is 1. The summed E-state index contributed by atoms with van der Waals surface area (Å²) in [4.78, 5) is 32.6. The van der Waals surface area contributed by atoms with Gasteiger partial charge in [0.2, 0.25) is 0 Å². The fraction of sp³-hybridized carbons (Fsp3) is 0. The Kier molecular flexibility index (Phi) is 2.41. The highest BCUT2D eigenvalue weighted by molar-refractivity contribution is 9.10. The number of hydrogen-bond donors (Lipinski definition) is 2. The average Bonchev–Trinajstić information content (AvgIpc) is 2.67. The first-order valence-electron chi connectivity index (χ1n) is 5.11. The minimum absolute atomic E-state index is 0.209. The van der Waals surface area contributed by atoms with Gasteiger partial charge in [-0.3, -0.25) is 14.3 Å². The summed E-state index contributed by atoms with van der Waals surface area (Å²) in [6, 6.07) is 7.12. The van der Waals surface area contributed by atoms with E-state index in [1.54, 1.807) is 18.2 Å². The molecule has 0 radical (unpaired) electrons. The lowest BCUT2D eigenvalue weighted by Crippen LogP contribution is -2.18. The van der Waals surface area contributed by atoms with E-state index < -0.39 is 5.69 Å². The molecule has 6 nitrogen and oxygen atoms in total. The Bertz CT molecular complexity index is 846. The van der Waals surface area contributed by atoms with Gasteiger partial charge in [0.05, 0.1) is 12.0 Å². The van der Waals surface area contributed by atoms with Gasteiger partial charge in [0, 0.05) is 4.47 Å². The first kappa shape index (κ1) is 11.0. The predicted molar refractivity (Wildman–Crippen MR) is 70.0 cm³/mol. The molecule has 0 saturated heterocycles. The fourth-order valence-corrected chi connectivity index (χ4v) is 2.20. The van der Waals surface area contributed by atoms with Gasteiger partial charge in [-0.1, -0.05) is 22.0 Å². The van der Waals surface area contributed by atoms with Crippen LogP contribution in [0, 0.1) is 0 Å². The molecule has 0 aliphatic rings. The van der Waals surface area contributed by atoms with Crippen molar-refractivity contribution in [3.8, 4) is 5.69 Å². The van der Waals surface area contributed by atoms with Gasteiger partial charge in [0.1, 0.15) is 0 Å². The Morgan fingerprint density at radius 2 is 2.11 bits per heavy atom. The molecule has 0 saturated carbocycles. The third kappa shape index (κ3) is 1.60. The van der Waals surface area contributed by atoms with Crippen molar-refractivity contribution in [2.45, 2.75) is 0 Å². The lowest BCUT2D eigenvalue weighted by Gasteiger charge is -2.02. The van der Waals surface area contributed by atoms with Crippen molar-refractivity contribution in [1.29, 1.82) is 0 Å². The number of aromatic amines is 2. The van der Waals surface area contributed by atoms with Crippen molar-refractivity contribution < 1.29 is 0 Å². The van der Waals surface area contributed by atoms with Crippen molar-refractivity contribution in [2.75, 3.05) is 0 Å². The molecule has 2 N–H and O–H groups in total. The second kappa shape index (κ2) is 3.95. The van der Waals surface area contributed by atoms with Crippen LogP contribution in [0.2, 0.25) is 0 Å². The summed E-state index contributed by atoms with van der Waals surface area (Å²) in [7, 11) is 0. The molecule has 0 amide bonds. The smallest absolute Gasteiger partial charge is 0.311 e. The van der Waals surface area contributed by atoms with Crippen LogP contribution in [0.5, 0.6) is 0 Å². The number of rotatable bonds is 1. The quantitative estimate of drug-likeness (QED) is 0.708. The van der Waals surface area contributed by atoms with Gasteiger partial charge in [-0.2, -0.15) is 0 Å². The minimum Gasteiger partial charge on any atom is -0.311 e. The summed E-state index contributed by atoms with van der Waals surface area (Å²) >= 11 is 3.33. The summed E-state index contributed by atoms with van der Waals surface area (Å²) in [5, 5.41) is 0. The number of nitrogens with zero attached hydrogens (tertiary/aromatic N) is 2. The van der Waals surface area contributed by atoms with Crippen LogP contribution in [0.15, 0.2) is 44.7 Å². The SMILES string of the molecule is O=c1[nH]cnc2[nH]c(=O)n(-c3cccc(Br)c3)c12. The lowest BCUT2D eigenvalue weighted by atomic mass is 10.3. The molecular weight excluding hydrogens is 300 g/mol. The van der Waals surface area contributed by atoms with Gasteiger partial charge in [0.25, 0.3) is 5.56 Å². The van der Waals surface area contributed by atoms with Gasteiger partial charge in [-0.05, 0) is 18.2 Å². The average molecular weight is 307 g/mol. The van der Waals surface area contributed by atoms with Gasteiger partial charge in [0.15, 0.2) is 11.2 Å². The number of halogens is 1. The van der Waals surface area contributed by atoms with Gasteiger partial charge >= 0.3 is 5.69 Å². The van der Waals surface area contributed by atoms with Crippen LogP contribution >= 0.6 is 15.9 Å². The molecule has 0 aliphatic carbocycles. The molecular formula is C11H7BrN4O2. The number of H-pyrrole nitrogens is 2. The number of hydrogen-bond acceptors (Lipinski definition) is 3. The zero-order valence-electron chi connectivity index (χ0n) is 8.98. The summed E-state index contributed by atoms with van der Waals surface area (Å²) in [5.74, 6) is 0. The molecule has 1 aromatic carbocycles. The van der Waals surface area contributed by atoms with E-state index >= 15 is 0 Å². The summed E-state index contributed by atoms with van der Waals surface area (Å²) in [6.07, 6.45) is 1.26. The molecule has 0 unspecified atom stereocenters. The summed E-state index contributed by atoms with van der Waals surface area (Å²) < 4.78 is 2.12. The Labute approximate surface area is 108 Å². The maximum absolute atomic E-state index is 11.9. The van der Waals surface area contributed by atoms with Crippen LogP contribution in [-0.2, 0) is 0 Å². The Hall–Kier alpha value is -2.15. The number of aromatic nitrogens is 4. The highest BCUT2D eigenvalue weighted by atomic mass is 79.9. The standard InChI is InChI=1S/C11H7BrN4O2/c12-6-2-1-3-7(4-6)16-8-9(15-11(16)18)13-5-14-10(8)17/h1-5H,(H2,13,14,15,17,18). The summed E-state index contributed by atoms with van der Waals surface area (Å²) in [5.41, 5.74) is 0.314. The normalized spacial score (nSPS) is 10.9. The predicted octanol–water partition coefficient (Wildman–Crippen LogP) is 1.16. The monoisotopic (exact) mass is 306 g/mol. The van der Waals surface area contributed by atoms with E-state index in [4.69, 9.17) is 0 Å². The van der Waals surface area contributed by atoms with Crippen LogP contribution in [-0.4, -0.2) is 19.5 Å². The molecule has 0 aliphatic heterocycles. The van der Waals surface area contributed by atoms with Crippen molar-refractivity contribution in [2.24, 2.45) is 0 Å². The maximum atomic E-state index is 11.9. The van der Waals surface area contributed by atoms with E-state index in [2.05, 4.69) is 30.9 Å². The van der Waals surface area contributed by atoms with E-state index in [-0.39, 0.29) is 16.7 Å². The number of imidazole rings is 1. The van der Waals surface area contributed by atoms with Crippen LogP contribution in [0.25, 0.3) is 16.9 Å². The maximum Gasteiger partial charge on any atom is 0.332 e. The van der Waals surface area contributed by atoms with E-state index in [1.165, 1.54) is 10.9 Å². The van der Waals surface area contributed by atoms with Crippen molar-refractivity contribution >= 4 is 27.1 Å². The molecule has 7 heteroatoms. The topological polar surface area (TPSA) is 83.5 Å². The Morgan fingerprint density at radius 1 is 1.28 bits per heavy atom. The second-order valence-corrected chi connectivity index (χ2v) is 4.59. The first-order valence-corrected chi connectivity index (χ1v) is 5.90. The molecule has 0 spiro atoms. The molecule has 3 aromatic rings. The van der Waals surface area contributed by atoms with Crippen LogP contribution in [0.1, 0.15) is 0 Å². The molecule has 18 heavy (non-hydrogen) atoms. The molecule has 0 bridgehead atoms. The fourth-order valence-electron chi connectivity index (χ4n) is 1.81. The third-order valence-corrected chi connectivity index (χ3v) is 3.04. The van der Waals surface area contributed by atoms with E-state index in [9.17, 15) is 9.59 Å². The zero-order chi connectivity index (χ0) is 12.7. The molecule has 2 heterocycles. The van der Waals surface area contributed by atoms with Crippen molar-refractivity contribution in [1.82, 2.24) is 19.5 Å². The third-order valence-electron chi connectivity index (χ3n) is 2.55. The van der Waals surface area contributed by atoms with Gasteiger partial charge < -0.3 is 4.98 Å². The molecule has 2 aromatic heterocycles. The Balaban J connectivity index is 2.46. The van der Waals surface area contributed by atoms with Crippen molar-refractivity contribution in [3.05, 3.63) is 55.9 Å². The van der Waals surface area contributed by atoms with Crippen molar-refractivity contribution in [3.63, 3.8) is 0 Å². The summed E-state index contributed by atoms with van der Waals surface area (Å²) in [6.45, 7) is 0. The van der Waals surface area contributed by atoms with Gasteiger partial charge in [-0.15, -0.1) is 0 Å². The van der Waals surface area contributed by atoms with Gasteiger partial charge in [-0.25, -0.2) is 9.78 Å². The lowest BCUT2D eigenvalue weighted by molar-refractivity contribution is 1.01. The van der Waals surface area contributed by atoms with Crippen LogP contribution < -0.4 is 11.2 Å². The number of benzene rings is 1. The molecule has 3 rings (SSSR count).